The maximum Gasteiger partial charge on any atom is 0.262 e. The van der Waals surface area contributed by atoms with E-state index in [1.807, 2.05) is 30.3 Å². The van der Waals surface area contributed by atoms with Crippen molar-refractivity contribution in [1.82, 2.24) is 14.9 Å². The number of rotatable bonds is 7. The molecule has 0 saturated carbocycles. The fraction of sp³-hybridized carbons (Fsp3) is 0.148. The lowest BCUT2D eigenvalue weighted by Crippen LogP contribution is -2.48. The van der Waals surface area contributed by atoms with Gasteiger partial charge in [0, 0.05) is 17.5 Å². The molecule has 0 spiro atoms. The van der Waals surface area contributed by atoms with E-state index >= 15 is 0 Å². The fourth-order valence-electron chi connectivity index (χ4n) is 4.27. The van der Waals surface area contributed by atoms with Crippen molar-refractivity contribution in [2.75, 3.05) is 17.3 Å². The number of sulfone groups is 1. The molecule has 1 atom stereocenters. The lowest BCUT2D eigenvalue weighted by atomic mass is 10.1. The second-order valence-corrected chi connectivity index (χ2v) is 11.0. The van der Waals surface area contributed by atoms with Crippen molar-refractivity contribution in [3.05, 3.63) is 90.1 Å². The number of hydrogen-bond acceptors (Lipinski definition) is 7. The fourth-order valence-corrected chi connectivity index (χ4v) is 4.92. The van der Waals surface area contributed by atoms with Crippen LogP contribution in [0, 0.1) is 0 Å². The van der Waals surface area contributed by atoms with Crippen LogP contribution in [-0.4, -0.2) is 59.1 Å². The van der Waals surface area contributed by atoms with Crippen LogP contribution < -0.4 is 5.32 Å². The van der Waals surface area contributed by atoms with E-state index in [0.29, 0.717) is 16.9 Å². The molecule has 0 unspecified atom stereocenters. The third-order valence-electron chi connectivity index (χ3n) is 6.08. The average Bonchev–Trinajstić information content (AvgIpc) is 3.13. The lowest BCUT2D eigenvalue weighted by Gasteiger charge is -2.25. The molecule has 1 aliphatic rings. The number of benzene rings is 3. The van der Waals surface area contributed by atoms with Crippen LogP contribution in [0.5, 0.6) is 0 Å². The van der Waals surface area contributed by atoms with E-state index in [0.717, 1.165) is 22.2 Å². The van der Waals surface area contributed by atoms with E-state index in [9.17, 15) is 22.8 Å². The first-order valence-corrected chi connectivity index (χ1v) is 13.5. The molecule has 37 heavy (non-hydrogen) atoms. The highest BCUT2D eigenvalue weighted by molar-refractivity contribution is 7.90. The minimum absolute atomic E-state index is 0.182. The molecule has 4 aromatic rings. The molecule has 1 N–H and O–H groups in total. The number of carbonyl (C=O) groups excluding carboxylic acids is 3. The van der Waals surface area contributed by atoms with Crippen LogP contribution in [0.25, 0.3) is 22.3 Å². The second kappa shape index (κ2) is 9.55. The van der Waals surface area contributed by atoms with Gasteiger partial charge in [-0.3, -0.25) is 24.3 Å². The molecule has 0 saturated heterocycles. The number of nitrogens with zero attached hydrogens (tertiary/aromatic N) is 3. The molecular formula is C27H22N4O5S. The number of aromatic nitrogens is 2. The summed E-state index contributed by atoms with van der Waals surface area (Å²) < 4.78 is 23.7. The molecular weight excluding hydrogens is 492 g/mol. The van der Waals surface area contributed by atoms with Crippen molar-refractivity contribution < 1.29 is 22.8 Å². The van der Waals surface area contributed by atoms with Crippen LogP contribution in [0.15, 0.2) is 79.0 Å². The Hall–Kier alpha value is -4.44. The van der Waals surface area contributed by atoms with Gasteiger partial charge in [0.05, 0.1) is 39.8 Å². The SMILES string of the molecule is CS(=O)(=O)CC[C@@H](C(=O)Nc1cccc(-c2cnc3ccccc3n2)c1)N1C(=O)c2ccccc2C1=O. The Balaban J connectivity index is 1.43. The summed E-state index contributed by atoms with van der Waals surface area (Å²) in [5.41, 5.74) is 3.54. The molecule has 0 fully saturated rings. The zero-order chi connectivity index (χ0) is 26.2. The lowest BCUT2D eigenvalue weighted by molar-refractivity contribution is -0.120. The first-order valence-electron chi connectivity index (χ1n) is 11.5. The minimum atomic E-state index is -3.46. The summed E-state index contributed by atoms with van der Waals surface area (Å²) in [6.45, 7) is 0. The largest absolute Gasteiger partial charge is 0.324 e. The highest BCUT2D eigenvalue weighted by atomic mass is 32.2. The van der Waals surface area contributed by atoms with Gasteiger partial charge in [-0.1, -0.05) is 36.4 Å². The molecule has 1 aromatic heterocycles. The standard InChI is InChI=1S/C27H22N4O5S/c1-37(35,36)14-13-24(31-26(33)19-9-2-3-10-20(19)27(31)34)25(32)29-18-8-6-7-17(15-18)23-16-28-21-11-4-5-12-22(21)30-23/h2-12,15-16,24H,13-14H2,1H3,(H,29,32)/t24-/m0/s1. The molecule has 0 radical (unpaired) electrons. The van der Waals surface area contributed by atoms with Gasteiger partial charge in [-0.05, 0) is 42.8 Å². The molecule has 2 heterocycles. The van der Waals surface area contributed by atoms with Gasteiger partial charge in [0.1, 0.15) is 15.9 Å². The van der Waals surface area contributed by atoms with Gasteiger partial charge in [0.15, 0.2) is 0 Å². The van der Waals surface area contributed by atoms with Gasteiger partial charge in [-0.25, -0.2) is 13.4 Å². The van der Waals surface area contributed by atoms with Crippen molar-refractivity contribution in [3.8, 4) is 11.3 Å². The topological polar surface area (TPSA) is 126 Å². The van der Waals surface area contributed by atoms with E-state index in [-0.39, 0.29) is 23.3 Å². The highest BCUT2D eigenvalue weighted by Gasteiger charge is 2.42. The van der Waals surface area contributed by atoms with Gasteiger partial charge in [0.25, 0.3) is 11.8 Å². The number of imide groups is 1. The quantitative estimate of drug-likeness (QED) is 0.375. The molecule has 3 aromatic carbocycles. The Labute approximate surface area is 213 Å². The molecule has 1 aliphatic heterocycles. The van der Waals surface area contributed by atoms with E-state index in [1.54, 1.807) is 36.5 Å². The second-order valence-electron chi connectivity index (χ2n) is 8.77. The minimum Gasteiger partial charge on any atom is -0.324 e. The Morgan fingerprint density at radius 1 is 0.919 bits per heavy atom. The number of fused-ring (bicyclic) bond motifs is 2. The molecule has 10 heteroatoms. The Kier molecular flexibility index (Phi) is 6.26. The predicted molar refractivity (Wildman–Crippen MR) is 139 cm³/mol. The van der Waals surface area contributed by atoms with E-state index in [2.05, 4.69) is 15.3 Å². The third kappa shape index (κ3) is 4.96. The summed E-state index contributed by atoms with van der Waals surface area (Å²) in [4.78, 5) is 49.4. The van der Waals surface area contributed by atoms with Crippen LogP contribution in [0.2, 0.25) is 0 Å². The van der Waals surface area contributed by atoms with Crippen molar-refractivity contribution in [3.63, 3.8) is 0 Å². The highest BCUT2D eigenvalue weighted by Crippen LogP contribution is 2.27. The smallest absolute Gasteiger partial charge is 0.262 e. The molecule has 0 aliphatic carbocycles. The zero-order valence-electron chi connectivity index (χ0n) is 19.8. The number of anilines is 1. The monoisotopic (exact) mass is 514 g/mol. The maximum atomic E-state index is 13.4. The van der Waals surface area contributed by atoms with Gasteiger partial charge < -0.3 is 5.32 Å². The number of hydrogen-bond donors (Lipinski definition) is 1. The van der Waals surface area contributed by atoms with E-state index in [1.165, 1.54) is 12.1 Å². The maximum absolute atomic E-state index is 13.4. The van der Waals surface area contributed by atoms with Crippen LogP contribution >= 0.6 is 0 Å². The average molecular weight is 515 g/mol. The Morgan fingerprint density at radius 3 is 2.24 bits per heavy atom. The number of carbonyl (C=O) groups is 3. The summed E-state index contributed by atoms with van der Waals surface area (Å²) in [5.74, 6) is -2.30. The summed E-state index contributed by atoms with van der Waals surface area (Å²) in [6, 6.07) is 19.3. The molecule has 0 bridgehead atoms. The summed E-state index contributed by atoms with van der Waals surface area (Å²) >= 11 is 0. The van der Waals surface area contributed by atoms with Crippen LogP contribution in [0.4, 0.5) is 5.69 Å². The van der Waals surface area contributed by atoms with Crippen LogP contribution in [0.1, 0.15) is 27.1 Å². The third-order valence-corrected chi connectivity index (χ3v) is 7.05. The van der Waals surface area contributed by atoms with Crippen molar-refractivity contribution in [2.24, 2.45) is 0 Å². The summed E-state index contributed by atoms with van der Waals surface area (Å²) in [5, 5.41) is 2.74. The predicted octanol–water partition coefficient (Wildman–Crippen LogP) is 3.33. The van der Waals surface area contributed by atoms with Crippen molar-refractivity contribution in [2.45, 2.75) is 12.5 Å². The van der Waals surface area contributed by atoms with Crippen LogP contribution in [0.3, 0.4) is 0 Å². The molecule has 9 nitrogen and oxygen atoms in total. The summed E-state index contributed by atoms with van der Waals surface area (Å²) in [6.07, 6.45) is 2.45. The normalized spacial score (nSPS) is 14.0. The Morgan fingerprint density at radius 2 is 1.57 bits per heavy atom. The first kappa shape index (κ1) is 24.3. The molecule has 5 rings (SSSR count). The van der Waals surface area contributed by atoms with Gasteiger partial charge in [-0.15, -0.1) is 0 Å². The Bertz CT molecular complexity index is 1630. The van der Waals surface area contributed by atoms with Gasteiger partial charge in [0.2, 0.25) is 5.91 Å². The van der Waals surface area contributed by atoms with Gasteiger partial charge in [-0.2, -0.15) is 0 Å². The van der Waals surface area contributed by atoms with Gasteiger partial charge >= 0.3 is 0 Å². The van der Waals surface area contributed by atoms with Crippen LogP contribution in [-0.2, 0) is 14.6 Å². The van der Waals surface area contributed by atoms with Crippen molar-refractivity contribution >= 4 is 44.3 Å². The molecule has 186 valence electrons. The number of nitrogens with one attached hydrogen (secondary N) is 1. The number of amides is 3. The van der Waals surface area contributed by atoms with E-state index < -0.39 is 33.6 Å². The number of para-hydroxylation sites is 2. The van der Waals surface area contributed by atoms with E-state index in [4.69, 9.17) is 0 Å². The molecule has 3 amide bonds. The van der Waals surface area contributed by atoms with Crippen molar-refractivity contribution in [1.29, 1.82) is 0 Å². The first-order chi connectivity index (χ1) is 17.7. The zero-order valence-corrected chi connectivity index (χ0v) is 20.6. The summed E-state index contributed by atoms with van der Waals surface area (Å²) in [7, 11) is -3.46.